The largest absolute Gasteiger partial charge is 0.0801 e. The minimum Gasteiger partial charge on any atom is -0.0801 e. The average molecular weight is 735 g/mol. The number of hydrogen-bond acceptors (Lipinski definition) is 0. The summed E-state index contributed by atoms with van der Waals surface area (Å²) < 4.78 is 0. The molecule has 0 aliphatic heterocycles. The number of allylic oxidation sites excluding steroid dienone is 4. The van der Waals surface area contributed by atoms with Crippen molar-refractivity contribution in [2.45, 2.75) is 58.8 Å². The molecular formula is C57H50. The molecule has 0 saturated carbocycles. The van der Waals surface area contributed by atoms with Crippen LogP contribution in [0, 0.1) is 0 Å². The Morgan fingerprint density at radius 2 is 0.930 bits per heavy atom. The van der Waals surface area contributed by atoms with Crippen LogP contribution in [0.5, 0.6) is 0 Å². The normalized spacial score (nSPS) is 13.2. The van der Waals surface area contributed by atoms with Gasteiger partial charge < -0.3 is 0 Å². The molecule has 278 valence electrons. The van der Waals surface area contributed by atoms with E-state index in [1.807, 2.05) is 0 Å². The van der Waals surface area contributed by atoms with Gasteiger partial charge in [0.05, 0.1) is 0 Å². The summed E-state index contributed by atoms with van der Waals surface area (Å²) in [5.74, 6) is 0. The van der Waals surface area contributed by atoms with Crippen molar-refractivity contribution in [2.24, 2.45) is 0 Å². The predicted molar refractivity (Wildman–Crippen MR) is 245 cm³/mol. The monoisotopic (exact) mass is 734 g/mol. The maximum atomic E-state index is 2.55. The van der Waals surface area contributed by atoms with Gasteiger partial charge in [0.1, 0.15) is 0 Å². The lowest BCUT2D eigenvalue weighted by molar-refractivity contribution is 0.586. The van der Waals surface area contributed by atoms with E-state index in [1.165, 1.54) is 99.5 Å². The second kappa shape index (κ2) is 14.4. The minimum absolute atomic E-state index is 0.156. The first kappa shape index (κ1) is 36.4. The molecule has 0 unspecified atom stereocenters. The maximum absolute atomic E-state index is 2.55. The molecule has 0 aromatic heterocycles. The van der Waals surface area contributed by atoms with Gasteiger partial charge in [-0.05, 0) is 129 Å². The summed E-state index contributed by atoms with van der Waals surface area (Å²) in [5, 5.41) is 2.59. The van der Waals surface area contributed by atoms with E-state index in [0.29, 0.717) is 0 Å². The summed E-state index contributed by atoms with van der Waals surface area (Å²) in [6.07, 6.45) is 10.4. The SMILES string of the molecule is CC(C)(C)c1c(C2=CC=CC2)c2c(c(-c3ccccc3)c1-c1ccccc1)-c1c(-c3ccccc3)c(=C(c3ccccc3)c3ccccc3)c(C(C)(C)C)cc1=C2. The molecule has 7 aromatic carbocycles. The number of rotatable bonds is 6. The Balaban J connectivity index is 1.61. The van der Waals surface area contributed by atoms with Crippen molar-refractivity contribution < 1.29 is 0 Å². The van der Waals surface area contributed by atoms with Crippen molar-refractivity contribution in [3.8, 4) is 44.5 Å². The minimum atomic E-state index is -0.167. The summed E-state index contributed by atoms with van der Waals surface area (Å²) in [6, 6.07) is 58.2. The molecule has 2 aliphatic rings. The Kier molecular flexibility index (Phi) is 9.17. The smallest absolute Gasteiger partial charge is 0.000754 e. The van der Waals surface area contributed by atoms with E-state index in [1.54, 1.807) is 0 Å². The van der Waals surface area contributed by atoms with Gasteiger partial charge in [0.2, 0.25) is 0 Å². The zero-order chi connectivity index (χ0) is 39.3. The van der Waals surface area contributed by atoms with Crippen LogP contribution < -0.4 is 10.4 Å². The second-order valence-corrected chi connectivity index (χ2v) is 17.6. The van der Waals surface area contributed by atoms with E-state index in [9.17, 15) is 0 Å². The highest BCUT2D eigenvalue weighted by Crippen LogP contribution is 2.54. The molecule has 57 heavy (non-hydrogen) atoms. The van der Waals surface area contributed by atoms with E-state index < -0.39 is 0 Å². The molecule has 0 bridgehead atoms. The van der Waals surface area contributed by atoms with Crippen molar-refractivity contribution >= 4 is 17.2 Å². The van der Waals surface area contributed by atoms with Gasteiger partial charge in [0, 0.05) is 0 Å². The van der Waals surface area contributed by atoms with Crippen LogP contribution in [0.25, 0.3) is 61.7 Å². The fourth-order valence-corrected chi connectivity index (χ4v) is 9.33. The molecule has 0 radical (unpaired) electrons. The van der Waals surface area contributed by atoms with Crippen LogP contribution in [-0.4, -0.2) is 0 Å². The van der Waals surface area contributed by atoms with E-state index in [-0.39, 0.29) is 10.8 Å². The van der Waals surface area contributed by atoms with Gasteiger partial charge in [-0.2, -0.15) is 0 Å². The van der Waals surface area contributed by atoms with Crippen LogP contribution in [0.2, 0.25) is 0 Å². The van der Waals surface area contributed by atoms with E-state index in [0.717, 1.165) is 6.42 Å². The van der Waals surface area contributed by atoms with Crippen molar-refractivity contribution in [3.05, 3.63) is 220 Å². The molecule has 0 saturated heterocycles. The molecule has 0 heterocycles. The van der Waals surface area contributed by atoms with Crippen LogP contribution in [0.15, 0.2) is 176 Å². The summed E-state index contributed by atoms with van der Waals surface area (Å²) in [6.45, 7) is 14.3. The summed E-state index contributed by atoms with van der Waals surface area (Å²) >= 11 is 0. The summed E-state index contributed by atoms with van der Waals surface area (Å²) in [7, 11) is 0. The lowest BCUT2D eigenvalue weighted by Gasteiger charge is -2.33. The molecule has 0 heteroatoms. The van der Waals surface area contributed by atoms with Crippen LogP contribution in [0.4, 0.5) is 0 Å². The summed E-state index contributed by atoms with van der Waals surface area (Å²) in [4.78, 5) is 0. The third kappa shape index (κ3) is 6.44. The highest BCUT2D eigenvalue weighted by Gasteiger charge is 2.36. The first-order valence-electron chi connectivity index (χ1n) is 20.4. The van der Waals surface area contributed by atoms with Crippen molar-refractivity contribution in [3.63, 3.8) is 0 Å². The topological polar surface area (TPSA) is 0 Å². The zero-order valence-corrected chi connectivity index (χ0v) is 34.0. The van der Waals surface area contributed by atoms with Gasteiger partial charge in [-0.1, -0.05) is 211 Å². The van der Waals surface area contributed by atoms with E-state index >= 15 is 0 Å². The first-order valence-corrected chi connectivity index (χ1v) is 20.4. The van der Waals surface area contributed by atoms with Gasteiger partial charge in [0.25, 0.3) is 0 Å². The quantitative estimate of drug-likeness (QED) is 0.160. The van der Waals surface area contributed by atoms with E-state index in [2.05, 4.69) is 224 Å². The Morgan fingerprint density at radius 1 is 0.456 bits per heavy atom. The Labute approximate surface area is 338 Å². The van der Waals surface area contributed by atoms with Crippen molar-refractivity contribution in [1.29, 1.82) is 0 Å². The van der Waals surface area contributed by atoms with Gasteiger partial charge in [-0.15, -0.1) is 0 Å². The van der Waals surface area contributed by atoms with E-state index in [4.69, 9.17) is 0 Å². The second-order valence-electron chi connectivity index (χ2n) is 17.6. The molecule has 9 rings (SSSR count). The van der Waals surface area contributed by atoms with Crippen LogP contribution in [-0.2, 0) is 10.8 Å². The molecule has 0 spiro atoms. The standard InChI is InChI=1S/C57H50/c1-56(2,3)46-37-44-36-45-48(40-34-22-23-35-40)55(57(4,5)6)52(43-32-20-11-21-33-43)50(42-30-18-10-19-31-42)53(45)51(44)49(41-28-16-9-17-29-41)54(46)47(38-24-12-7-13-25-38)39-26-14-8-15-27-39/h7-34,36-37H,35H2,1-6H3. The highest BCUT2D eigenvalue weighted by atomic mass is 14.4. The Bertz CT molecular complexity index is 2760. The first-order chi connectivity index (χ1) is 27.6. The molecule has 0 N–H and O–H groups in total. The average Bonchev–Trinajstić information content (AvgIpc) is 3.90. The third-order valence-corrected chi connectivity index (χ3v) is 11.7. The molecule has 0 amide bonds. The lowest BCUT2D eigenvalue weighted by atomic mass is 9.70. The van der Waals surface area contributed by atoms with Crippen molar-refractivity contribution in [1.82, 2.24) is 0 Å². The predicted octanol–water partition coefficient (Wildman–Crippen LogP) is 13.7. The molecular weight excluding hydrogens is 685 g/mol. The molecule has 0 fully saturated rings. The van der Waals surface area contributed by atoms with Crippen LogP contribution in [0.3, 0.4) is 0 Å². The molecule has 7 aromatic rings. The van der Waals surface area contributed by atoms with Crippen LogP contribution >= 0.6 is 0 Å². The number of benzene rings is 7. The number of fused-ring (bicyclic) bond motifs is 3. The maximum Gasteiger partial charge on any atom is -0.000754 e. The van der Waals surface area contributed by atoms with Gasteiger partial charge in [-0.25, -0.2) is 0 Å². The molecule has 2 aliphatic carbocycles. The van der Waals surface area contributed by atoms with Gasteiger partial charge >= 0.3 is 0 Å². The van der Waals surface area contributed by atoms with Gasteiger partial charge in [0.15, 0.2) is 0 Å². The fourth-order valence-electron chi connectivity index (χ4n) is 9.33. The zero-order valence-electron chi connectivity index (χ0n) is 34.0. The fraction of sp³-hybridized carbons (Fsp3) is 0.158. The number of hydrogen-bond donors (Lipinski definition) is 0. The molecule has 0 nitrogen and oxygen atoms in total. The lowest BCUT2D eigenvalue weighted by Crippen LogP contribution is -2.31. The van der Waals surface area contributed by atoms with Crippen molar-refractivity contribution in [2.75, 3.05) is 0 Å². The Morgan fingerprint density at radius 3 is 1.39 bits per heavy atom. The van der Waals surface area contributed by atoms with Gasteiger partial charge in [-0.3, -0.25) is 0 Å². The highest BCUT2D eigenvalue weighted by molar-refractivity contribution is 6.10. The Hall–Kier alpha value is -6.24. The molecule has 0 atom stereocenters. The summed E-state index contributed by atoms with van der Waals surface area (Å²) in [5.41, 5.74) is 20.5. The van der Waals surface area contributed by atoms with Crippen LogP contribution in [0.1, 0.15) is 81.3 Å². The third-order valence-electron chi connectivity index (χ3n) is 11.7.